The number of rotatable bonds is 5. The normalized spacial score (nSPS) is 23.5. The summed E-state index contributed by atoms with van der Waals surface area (Å²) in [5, 5.41) is 11.4. The van der Waals surface area contributed by atoms with Crippen LogP contribution in [-0.4, -0.2) is 68.1 Å². The van der Waals surface area contributed by atoms with E-state index in [0.717, 1.165) is 19.4 Å². The van der Waals surface area contributed by atoms with Crippen LogP contribution in [0.3, 0.4) is 0 Å². The molecule has 8 heteroatoms. The molecule has 0 bridgehead atoms. The quantitative estimate of drug-likeness (QED) is 0.301. The van der Waals surface area contributed by atoms with Gasteiger partial charge in [0.1, 0.15) is 0 Å². The van der Waals surface area contributed by atoms with Crippen LogP contribution in [0.2, 0.25) is 0 Å². The molecule has 1 heterocycles. The first kappa shape index (κ1) is 15.2. The number of hydrogen-bond acceptors (Lipinski definition) is 5. The summed E-state index contributed by atoms with van der Waals surface area (Å²) in [4.78, 5) is 1.94. The average Bonchev–Trinajstić information content (AvgIpc) is 2.27. The molecule has 0 aliphatic carbocycles. The van der Waals surface area contributed by atoms with Gasteiger partial charge in [0, 0.05) is 19.6 Å². The highest BCUT2D eigenvalue weighted by Crippen LogP contribution is 2.19. The van der Waals surface area contributed by atoms with Crippen LogP contribution in [0.15, 0.2) is 5.16 Å². The summed E-state index contributed by atoms with van der Waals surface area (Å²) in [7, 11) is -1.22. The van der Waals surface area contributed by atoms with Crippen molar-refractivity contribution >= 4 is 15.9 Å². The maximum Gasteiger partial charge on any atom is 0.211 e. The van der Waals surface area contributed by atoms with E-state index in [2.05, 4.69) is 5.16 Å². The lowest BCUT2D eigenvalue weighted by Crippen LogP contribution is -2.43. The van der Waals surface area contributed by atoms with Crippen LogP contribution in [0.25, 0.3) is 0 Å². The SMILES string of the molecule is CN(CC(N)=NO)CC1CCCN(S(C)(=O)=O)C1. The molecular formula is C10H22N4O3S. The minimum absolute atomic E-state index is 0.160. The third kappa shape index (κ3) is 4.79. The lowest BCUT2D eigenvalue weighted by Gasteiger charge is -2.33. The molecule has 106 valence electrons. The molecule has 1 atom stereocenters. The Morgan fingerprint density at radius 2 is 2.28 bits per heavy atom. The fourth-order valence-corrected chi connectivity index (χ4v) is 3.23. The Balaban J connectivity index is 2.48. The second-order valence-electron chi connectivity index (χ2n) is 4.92. The van der Waals surface area contributed by atoms with Gasteiger partial charge in [-0.3, -0.25) is 4.90 Å². The Hall–Kier alpha value is -0.860. The largest absolute Gasteiger partial charge is 0.409 e. The van der Waals surface area contributed by atoms with E-state index < -0.39 is 10.0 Å². The molecule has 1 unspecified atom stereocenters. The molecule has 0 radical (unpaired) electrons. The van der Waals surface area contributed by atoms with Gasteiger partial charge >= 0.3 is 0 Å². The predicted octanol–water partition coefficient (Wildman–Crippen LogP) is -0.664. The van der Waals surface area contributed by atoms with Crippen LogP contribution in [0.1, 0.15) is 12.8 Å². The third-order valence-electron chi connectivity index (χ3n) is 3.08. The first-order valence-electron chi connectivity index (χ1n) is 5.93. The topological polar surface area (TPSA) is 99.2 Å². The van der Waals surface area contributed by atoms with E-state index in [1.165, 1.54) is 10.6 Å². The minimum atomic E-state index is -3.10. The maximum absolute atomic E-state index is 11.5. The van der Waals surface area contributed by atoms with E-state index in [4.69, 9.17) is 10.9 Å². The Labute approximate surface area is 108 Å². The summed E-state index contributed by atoms with van der Waals surface area (Å²) in [5.41, 5.74) is 5.43. The number of hydrogen-bond donors (Lipinski definition) is 2. The molecule has 18 heavy (non-hydrogen) atoms. The van der Waals surface area contributed by atoms with Crippen LogP contribution >= 0.6 is 0 Å². The van der Waals surface area contributed by atoms with Crippen molar-refractivity contribution in [3.05, 3.63) is 0 Å². The molecule has 1 saturated heterocycles. The van der Waals surface area contributed by atoms with Gasteiger partial charge in [-0.25, -0.2) is 12.7 Å². The predicted molar refractivity (Wildman–Crippen MR) is 70.0 cm³/mol. The van der Waals surface area contributed by atoms with E-state index in [9.17, 15) is 8.42 Å². The molecule has 1 rings (SSSR count). The molecule has 1 fully saturated rings. The van der Waals surface area contributed by atoms with Crippen LogP contribution in [0, 0.1) is 5.92 Å². The van der Waals surface area contributed by atoms with Gasteiger partial charge in [-0.2, -0.15) is 0 Å². The second-order valence-corrected chi connectivity index (χ2v) is 6.90. The molecule has 0 spiro atoms. The first-order valence-corrected chi connectivity index (χ1v) is 7.78. The van der Waals surface area contributed by atoms with Gasteiger partial charge in [0.25, 0.3) is 0 Å². The van der Waals surface area contributed by atoms with E-state index in [-0.39, 0.29) is 5.84 Å². The van der Waals surface area contributed by atoms with Gasteiger partial charge in [0.15, 0.2) is 5.84 Å². The molecular weight excluding hydrogens is 256 g/mol. The number of nitrogens with two attached hydrogens (primary N) is 1. The average molecular weight is 278 g/mol. The first-order chi connectivity index (χ1) is 8.32. The Morgan fingerprint density at radius 1 is 1.61 bits per heavy atom. The summed E-state index contributed by atoms with van der Waals surface area (Å²) in [6, 6.07) is 0. The molecule has 3 N–H and O–H groups in total. The Morgan fingerprint density at radius 3 is 2.83 bits per heavy atom. The van der Waals surface area contributed by atoms with Crippen molar-refractivity contribution in [3.63, 3.8) is 0 Å². The summed E-state index contributed by atoms with van der Waals surface area (Å²) in [6.45, 7) is 2.28. The molecule has 0 aromatic rings. The summed E-state index contributed by atoms with van der Waals surface area (Å²) >= 11 is 0. The lowest BCUT2D eigenvalue weighted by molar-refractivity contribution is 0.211. The van der Waals surface area contributed by atoms with Crippen molar-refractivity contribution in [2.45, 2.75) is 12.8 Å². The summed E-state index contributed by atoms with van der Waals surface area (Å²) in [6.07, 6.45) is 3.14. The standard InChI is InChI=1S/C10H22N4O3S/c1-13(8-10(11)12-15)6-9-4-3-5-14(7-9)18(2,16)17/h9,15H,3-8H2,1-2H3,(H2,11,12). The number of oxime groups is 1. The van der Waals surface area contributed by atoms with Crippen molar-refractivity contribution in [1.29, 1.82) is 0 Å². The van der Waals surface area contributed by atoms with E-state index in [0.29, 0.717) is 25.6 Å². The van der Waals surface area contributed by atoms with Gasteiger partial charge in [-0.05, 0) is 25.8 Å². The highest BCUT2D eigenvalue weighted by Gasteiger charge is 2.26. The smallest absolute Gasteiger partial charge is 0.211 e. The zero-order chi connectivity index (χ0) is 13.8. The van der Waals surface area contributed by atoms with Gasteiger partial charge in [-0.15, -0.1) is 0 Å². The van der Waals surface area contributed by atoms with Crippen molar-refractivity contribution in [2.75, 3.05) is 39.5 Å². The van der Waals surface area contributed by atoms with Crippen LogP contribution < -0.4 is 5.73 Å². The molecule has 0 saturated carbocycles. The zero-order valence-electron chi connectivity index (χ0n) is 10.9. The minimum Gasteiger partial charge on any atom is -0.409 e. The number of likely N-dealkylation sites (N-methyl/N-ethyl adjacent to an activating group) is 1. The van der Waals surface area contributed by atoms with Crippen molar-refractivity contribution in [3.8, 4) is 0 Å². The zero-order valence-corrected chi connectivity index (χ0v) is 11.7. The van der Waals surface area contributed by atoms with E-state index in [1.54, 1.807) is 0 Å². The maximum atomic E-state index is 11.5. The van der Waals surface area contributed by atoms with Crippen molar-refractivity contribution in [1.82, 2.24) is 9.21 Å². The van der Waals surface area contributed by atoms with Crippen molar-refractivity contribution < 1.29 is 13.6 Å². The highest BCUT2D eigenvalue weighted by molar-refractivity contribution is 7.88. The molecule has 0 amide bonds. The molecule has 7 nitrogen and oxygen atoms in total. The summed E-state index contributed by atoms with van der Waals surface area (Å²) < 4.78 is 24.5. The van der Waals surface area contributed by atoms with E-state index in [1.807, 2.05) is 11.9 Å². The Bertz CT molecular complexity index is 396. The highest BCUT2D eigenvalue weighted by atomic mass is 32.2. The van der Waals surface area contributed by atoms with Gasteiger partial charge < -0.3 is 10.9 Å². The molecule has 0 aromatic heterocycles. The van der Waals surface area contributed by atoms with Crippen LogP contribution in [0.4, 0.5) is 0 Å². The fraction of sp³-hybridized carbons (Fsp3) is 0.900. The summed E-state index contributed by atoms with van der Waals surface area (Å²) in [5.74, 6) is 0.457. The van der Waals surface area contributed by atoms with Crippen molar-refractivity contribution in [2.24, 2.45) is 16.8 Å². The second kappa shape index (κ2) is 6.35. The van der Waals surface area contributed by atoms with E-state index >= 15 is 0 Å². The molecule has 1 aliphatic heterocycles. The molecule has 0 aromatic carbocycles. The monoisotopic (exact) mass is 278 g/mol. The fourth-order valence-electron chi connectivity index (χ4n) is 2.29. The van der Waals surface area contributed by atoms with Gasteiger partial charge in [0.2, 0.25) is 10.0 Å². The van der Waals surface area contributed by atoms with Crippen LogP contribution in [-0.2, 0) is 10.0 Å². The number of amidine groups is 1. The lowest BCUT2D eigenvalue weighted by atomic mass is 9.99. The number of nitrogens with zero attached hydrogens (tertiary/aromatic N) is 3. The van der Waals surface area contributed by atoms with Gasteiger partial charge in [-0.1, -0.05) is 5.16 Å². The Kier molecular flexibility index (Phi) is 5.36. The molecule has 1 aliphatic rings. The number of piperidine rings is 1. The number of sulfonamides is 1. The van der Waals surface area contributed by atoms with Crippen LogP contribution in [0.5, 0.6) is 0 Å². The van der Waals surface area contributed by atoms with Gasteiger partial charge in [0.05, 0.1) is 12.8 Å². The third-order valence-corrected chi connectivity index (χ3v) is 4.35.